The molecule has 0 radical (unpaired) electrons. The van der Waals surface area contributed by atoms with Crippen molar-refractivity contribution >= 4 is 17.7 Å². The van der Waals surface area contributed by atoms with Crippen molar-refractivity contribution in [1.29, 1.82) is 0 Å². The van der Waals surface area contributed by atoms with Crippen LogP contribution in [0.4, 0.5) is 5.69 Å². The number of hydrogen-bond donors (Lipinski definition) is 1. The van der Waals surface area contributed by atoms with Gasteiger partial charge in [-0.05, 0) is 80.1 Å². The van der Waals surface area contributed by atoms with E-state index in [1.807, 2.05) is 38.1 Å². The zero-order valence-electron chi connectivity index (χ0n) is 13.9. The van der Waals surface area contributed by atoms with Gasteiger partial charge in [0.05, 0.1) is 0 Å². The summed E-state index contributed by atoms with van der Waals surface area (Å²) in [6.07, 6.45) is 3.47. The summed E-state index contributed by atoms with van der Waals surface area (Å²) in [6, 6.07) is 10.3. The highest BCUT2D eigenvalue weighted by atomic mass is 16.1. The Labute approximate surface area is 132 Å². The van der Waals surface area contributed by atoms with E-state index in [4.69, 9.17) is 0 Å². The van der Waals surface area contributed by atoms with Gasteiger partial charge >= 0.3 is 0 Å². The average molecular weight is 293 g/mol. The van der Waals surface area contributed by atoms with E-state index >= 15 is 0 Å². The minimum Gasteiger partial charge on any atom is -0.322 e. The highest BCUT2D eigenvalue weighted by molar-refractivity contribution is 6.02. The van der Waals surface area contributed by atoms with Crippen LogP contribution in [-0.2, 0) is 4.79 Å². The molecule has 2 rings (SSSR count). The standard InChI is InChI=1S/C20H23NO/c1-13-6-7-14(2)19(10-13)21-20(22)9-8-18-12-16(4)15(3)11-17(18)5/h6-12H,1-5H3,(H,21,22)/b9-8+. The normalized spacial score (nSPS) is 11.0. The van der Waals surface area contributed by atoms with E-state index in [0.717, 1.165) is 22.4 Å². The van der Waals surface area contributed by atoms with Crippen LogP contribution in [0, 0.1) is 34.6 Å². The van der Waals surface area contributed by atoms with Gasteiger partial charge in [-0.15, -0.1) is 0 Å². The molecule has 2 heteroatoms. The van der Waals surface area contributed by atoms with Crippen molar-refractivity contribution in [2.75, 3.05) is 5.32 Å². The lowest BCUT2D eigenvalue weighted by Gasteiger charge is -2.08. The molecule has 2 aromatic rings. The zero-order chi connectivity index (χ0) is 16.3. The minimum atomic E-state index is -0.105. The maximum absolute atomic E-state index is 12.1. The van der Waals surface area contributed by atoms with Gasteiger partial charge in [0.1, 0.15) is 0 Å². The monoisotopic (exact) mass is 293 g/mol. The third kappa shape index (κ3) is 3.85. The van der Waals surface area contributed by atoms with Crippen molar-refractivity contribution in [3.8, 4) is 0 Å². The lowest BCUT2D eigenvalue weighted by atomic mass is 10.0. The molecule has 22 heavy (non-hydrogen) atoms. The average Bonchev–Trinajstić information content (AvgIpc) is 2.45. The van der Waals surface area contributed by atoms with Crippen LogP contribution in [-0.4, -0.2) is 5.91 Å². The predicted molar refractivity (Wildman–Crippen MR) is 94.2 cm³/mol. The van der Waals surface area contributed by atoms with Crippen molar-refractivity contribution in [2.24, 2.45) is 0 Å². The SMILES string of the molecule is Cc1ccc(C)c(NC(=O)/C=C/c2cc(C)c(C)cc2C)c1. The molecule has 0 aliphatic rings. The third-order valence-corrected chi connectivity index (χ3v) is 3.95. The molecule has 0 aliphatic carbocycles. The van der Waals surface area contributed by atoms with Crippen LogP contribution < -0.4 is 5.32 Å². The van der Waals surface area contributed by atoms with Gasteiger partial charge in [-0.1, -0.05) is 24.3 Å². The molecule has 0 heterocycles. The molecule has 0 unspecified atom stereocenters. The highest BCUT2D eigenvalue weighted by Crippen LogP contribution is 2.18. The molecule has 0 saturated heterocycles. The van der Waals surface area contributed by atoms with Gasteiger partial charge in [-0.3, -0.25) is 4.79 Å². The van der Waals surface area contributed by atoms with Crippen molar-refractivity contribution in [3.63, 3.8) is 0 Å². The van der Waals surface area contributed by atoms with Crippen LogP contribution in [0.5, 0.6) is 0 Å². The van der Waals surface area contributed by atoms with Crippen molar-refractivity contribution in [1.82, 2.24) is 0 Å². The minimum absolute atomic E-state index is 0.105. The van der Waals surface area contributed by atoms with Gasteiger partial charge in [-0.2, -0.15) is 0 Å². The van der Waals surface area contributed by atoms with Crippen LogP contribution in [0.15, 0.2) is 36.4 Å². The Balaban J connectivity index is 2.15. The second kappa shape index (κ2) is 6.61. The Morgan fingerprint density at radius 3 is 2.27 bits per heavy atom. The van der Waals surface area contributed by atoms with E-state index in [1.54, 1.807) is 6.08 Å². The van der Waals surface area contributed by atoms with Gasteiger partial charge < -0.3 is 5.32 Å². The molecular formula is C20H23NO. The van der Waals surface area contributed by atoms with Gasteiger partial charge in [0.25, 0.3) is 0 Å². The third-order valence-electron chi connectivity index (χ3n) is 3.95. The Bertz CT molecular complexity index is 742. The van der Waals surface area contributed by atoms with Crippen LogP contribution in [0.3, 0.4) is 0 Å². The molecule has 0 atom stereocenters. The molecule has 2 aromatic carbocycles. The first-order valence-corrected chi connectivity index (χ1v) is 7.51. The maximum atomic E-state index is 12.1. The van der Waals surface area contributed by atoms with Gasteiger partial charge in [0, 0.05) is 11.8 Å². The first-order valence-electron chi connectivity index (χ1n) is 7.51. The second-order valence-electron chi connectivity index (χ2n) is 5.93. The summed E-state index contributed by atoms with van der Waals surface area (Å²) in [6.45, 7) is 10.3. The molecule has 0 bridgehead atoms. The van der Waals surface area contributed by atoms with Gasteiger partial charge in [0.2, 0.25) is 5.91 Å². The fraction of sp³-hybridized carbons (Fsp3) is 0.250. The van der Waals surface area contributed by atoms with Crippen molar-refractivity contribution in [2.45, 2.75) is 34.6 Å². The Morgan fingerprint density at radius 1 is 0.864 bits per heavy atom. The molecule has 114 valence electrons. The molecule has 1 amide bonds. The largest absolute Gasteiger partial charge is 0.322 e. The molecule has 0 fully saturated rings. The summed E-state index contributed by atoms with van der Waals surface area (Å²) >= 11 is 0. The summed E-state index contributed by atoms with van der Waals surface area (Å²) in [4.78, 5) is 12.1. The molecule has 0 aromatic heterocycles. The fourth-order valence-electron chi connectivity index (χ4n) is 2.37. The summed E-state index contributed by atoms with van der Waals surface area (Å²) in [5.41, 5.74) is 7.84. The van der Waals surface area contributed by atoms with E-state index in [1.165, 1.54) is 16.7 Å². The topological polar surface area (TPSA) is 29.1 Å². The number of carbonyl (C=O) groups excluding carboxylic acids is 1. The predicted octanol–water partition coefficient (Wildman–Crippen LogP) is 4.88. The number of hydrogen-bond acceptors (Lipinski definition) is 1. The Morgan fingerprint density at radius 2 is 1.55 bits per heavy atom. The fourth-order valence-corrected chi connectivity index (χ4v) is 2.37. The highest BCUT2D eigenvalue weighted by Gasteiger charge is 2.03. The molecule has 1 N–H and O–H groups in total. The molecule has 2 nitrogen and oxygen atoms in total. The lowest BCUT2D eigenvalue weighted by molar-refractivity contribution is -0.111. The first-order chi connectivity index (χ1) is 10.4. The lowest BCUT2D eigenvalue weighted by Crippen LogP contribution is -2.09. The van der Waals surface area contributed by atoms with Gasteiger partial charge in [-0.25, -0.2) is 0 Å². The van der Waals surface area contributed by atoms with Crippen LogP contribution in [0.25, 0.3) is 6.08 Å². The van der Waals surface area contributed by atoms with Crippen molar-refractivity contribution in [3.05, 3.63) is 69.8 Å². The summed E-state index contributed by atoms with van der Waals surface area (Å²) in [7, 11) is 0. The number of rotatable bonds is 3. The van der Waals surface area contributed by atoms with E-state index < -0.39 is 0 Å². The summed E-state index contributed by atoms with van der Waals surface area (Å²) in [5, 5.41) is 2.94. The van der Waals surface area contributed by atoms with E-state index in [9.17, 15) is 4.79 Å². The molecule has 0 spiro atoms. The second-order valence-corrected chi connectivity index (χ2v) is 5.93. The number of amides is 1. The number of carbonyl (C=O) groups is 1. The number of anilines is 1. The molecular weight excluding hydrogens is 270 g/mol. The van der Waals surface area contributed by atoms with E-state index in [0.29, 0.717) is 0 Å². The quantitative estimate of drug-likeness (QED) is 0.803. The maximum Gasteiger partial charge on any atom is 0.248 e. The first kappa shape index (κ1) is 16.0. The summed E-state index contributed by atoms with van der Waals surface area (Å²) in [5.74, 6) is -0.105. The molecule has 0 saturated carbocycles. The Kier molecular flexibility index (Phi) is 4.81. The number of benzene rings is 2. The number of aryl methyl sites for hydroxylation is 5. The Hall–Kier alpha value is -2.35. The van der Waals surface area contributed by atoms with Crippen LogP contribution in [0.1, 0.15) is 33.4 Å². The van der Waals surface area contributed by atoms with Crippen LogP contribution in [0.2, 0.25) is 0 Å². The number of nitrogens with one attached hydrogen (secondary N) is 1. The molecule has 0 aliphatic heterocycles. The van der Waals surface area contributed by atoms with Crippen molar-refractivity contribution < 1.29 is 4.79 Å². The summed E-state index contributed by atoms with van der Waals surface area (Å²) < 4.78 is 0. The van der Waals surface area contributed by atoms with E-state index in [2.05, 4.69) is 38.2 Å². The smallest absolute Gasteiger partial charge is 0.248 e. The zero-order valence-corrected chi connectivity index (χ0v) is 13.9. The van der Waals surface area contributed by atoms with Gasteiger partial charge in [0.15, 0.2) is 0 Å². The van der Waals surface area contributed by atoms with Crippen LogP contribution >= 0.6 is 0 Å². The van der Waals surface area contributed by atoms with E-state index in [-0.39, 0.29) is 5.91 Å².